The number of aliphatic hydroxyl groups excluding tert-OH is 1. The third kappa shape index (κ3) is 16.9. The third-order valence-electron chi connectivity index (χ3n) is 2.96. The first-order valence-corrected chi connectivity index (χ1v) is 8.67. The normalized spacial score (nSPS) is 8.96. The summed E-state index contributed by atoms with van der Waals surface area (Å²) >= 11 is 0. The molecule has 0 aliphatic rings. The van der Waals surface area contributed by atoms with E-state index in [0.29, 0.717) is 12.2 Å². The van der Waals surface area contributed by atoms with Crippen molar-refractivity contribution in [2.24, 2.45) is 5.73 Å². The van der Waals surface area contributed by atoms with Crippen molar-refractivity contribution in [3.05, 3.63) is 71.8 Å². The van der Waals surface area contributed by atoms with Gasteiger partial charge in [0.15, 0.2) is 6.29 Å². The Bertz CT molecular complexity index is 459. The van der Waals surface area contributed by atoms with E-state index in [2.05, 4.69) is 19.6 Å². The molecule has 2 rings (SSSR count). The van der Waals surface area contributed by atoms with Gasteiger partial charge in [-0.2, -0.15) is 0 Å². The monoisotopic (exact) mass is 349 g/mol. The molecule has 0 aliphatic heterocycles. The molecule has 0 spiro atoms. The number of ether oxygens (including phenoxy) is 1. The summed E-state index contributed by atoms with van der Waals surface area (Å²) in [6.07, 6.45) is 2.73. The fourth-order valence-electron chi connectivity index (χ4n) is 1.72. The lowest BCUT2D eigenvalue weighted by Crippen LogP contribution is -1.92. The fourth-order valence-corrected chi connectivity index (χ4v) is 1.72. The molecular weight excluding hydrogens is 314 g/mol. The van der Waals surface area contributed by atoms with Gasteiger partial charge in [0, 0.05) is 12.7 Å². The summed E-state index contributed by atoms with van der Waals surface area (Å²) in [4.78, 5) is 0. The maximum Gasteiger partial charge on any atom is 0.178 e. The Hall–Kier alpha value is -1.72. The smallest absolute Gasteiger partial charge is 0.178 e. The Morgan fingerprint density at radius 2 is 1.28 bits per heavy atom. The first kappa shape index (κ1) is 25.5. The van der Waals surface area contributed by atoms with E-state index in [1.165, 1.54) is 31.9 Å². The highest BCUT2D eigenvalue weighted by atomic mass is 16.5. The third-order valence-corrected chi connectivity index (χ3v) is 2.96. The van der Waals surface area contributed by atoms with Crippen molar-refractivity contribution in [3.8, 4) is 0 Å². The van der Waals surface area contributed by atoms with E-state index in [-0.39, 0.29) is 0 Å². The van der Waals surface area contributed by atoms with Gasteiger partial charge in [-0.3, -0.25) is 0 Å². The van der Waals surface area contributed by atoms with Crippen LogP contribution in [0.2, 0.25) is 0 Å². The molecule has 0 aromatic heterocycles. The Kier molecular flexibility index (Phi) is 20.7. The Morgan fingerprint density at radius 3 is 1.56 bits per heavy atom. The molecule has 142 valence electrons. The van der Waals surface area contributed by atoms with Crippen molar-refractivity contribution in [2.45, 2.75) is 46.0 Å². The zero-order valence-corrected chi connectivity index (χ0v) is 16.1. The second-order valence-electron chi connectivity index (χ2n) is 5.06. The minimum atomic E-state index is -1.34. The van der Waals surface area contributed by atoms with E-state index in [9.17, 15) is 0 Å². The molecule has 4 nitrogen and oxygen atoms in total. The maximum absolute atomic E-state index is 8.58. The lowest BCUT2D eigenvalue weighted by Gasteiger charge is -1.99. The molecule has 25 heavy (non-hydrogen) atoms. The standard InChI is InChI=1S/C8H10O.C7H8O2.C5H12.CH5N/c1-9-7-8-5-3-2-4-6-8;8-7(9)6-4-2-1-3-5-6;1-3-5-4-2;1-2/h2-6H,7H2,1H3;1-5,7-9H;3-5H2,1-2H3;2H2,1H3. The zero-order chi connectivity index (χ0) is 19.3. The fraction of sp³-hybridized carbons (Fsp3) is 0.429. The molecule has 0 aliphatic carbocycles. The van der Waals surface area contributed by atoms with Crippen LogP contribution in [0.25, 0.3) is 0 Å². The molecule has 0 fully saturated rings. The van der Waals surface area contributed by atoms with Gasteiger partial charge in [0.2, 0.25) is 0 Å². The molecule has 0 heterocycles. The number of unbranched alkanes of at least 4 members (excludes halogenated alkanes) is 2. The number of methoxy groups -OCH3 is 1. The van der Waals surface area contributed by atoms with Crippen LogP contribution in [-0.2, 0) is 11.3 Å². The SMILES string of the molecule is CCCCC.CN.COCc1ccccc1.OC(O)c1ccccc1. The first-order valence-electron chi connectivity index (χ1n) is 8.67. The molecule has 2 aromatic carbocycles. The summed E-state index contributed by atoms with van der Waals surface area (Å²) in [5.41, 5.74) is 6.25. The van der Waals surface area contributed by atoms with Gasteiger partial charge in [0.25, 0.3) is 0 Å². The molecule has 2 aromatic rings. The van der Waals surface area contributed by atoms with Crippen molar-refractivity contribution in [1.29, 1.82) is 0 Å². The number of aliphatic hydroxyl groups is 2. The van der Waals surface area contributed by atoms with Gasteiger partial charge in [0.1, 0.15) is 0 Å². The highest BCUT2D eigenvalue weighted by Crippen LogP contribution is 2.06. The highest BCUT2D eigenvalue weighted by molar-refractivity contribution is 5.15. The second kappa shape index (κ2) is 20.3. The average molecular weight is 350 g/mol. The summed E-state index contributed by atoms with van der Waals surface area (Å²) in [5, 5.41) is 17.2. The molecule has 0 radical (unpaired) electrons. The number of hydrogen-bond acceptors (Lipinski definition) is 4. The summed E-state index contributed by atoms with van der Waals surface area (Å²) in [5.74, 6) is 0. The van der Waals surface area contributed by atoms with E-state index >= 15 is 0 Å². The minimum Gasteiger partial charge on any atom is -0.380 e. The van der Waals surface area contributed by atoms with E-state index in [1.54, 1.807) is 31.4 Å². The second-order valence-corrected chi connectivity index (χ2v) is 5.06. The van der Waals surface area contributed by atoms with Crippen molar-refractivity contribution in [3.63, 3.8) is 0 Å². The van der Waals surface area contributed by atoms with Crippen LogP contribution in [-0.4, -0.2) is 24.4 Å². The predicted octanol–water partition coefficient (Wildman–Crippen LogP) is 4.27. The summed E-state index contributed by atoms with van der Waals surface area (Å²) in [7, 11) is 3.20. The molecule has 0 amide bonds. The van der Waals surface area contributed by atoms with Gasteiger partial charge >= 0.3 is 0 Å². The zero-order valence-electron chi connectivity index (χ0n) is 16.1. The minimum absolute atomic E-state index is 0.525. The lowest BCUT2D eigenvalue weighted by molar-refractivity contribution is -0.0424. The van der Waals surface area contributed by atoms with Gasteiger partial charge in [-0.1, -0.05) is 93.8 Å². The van der Waals surface area contributed by atoms with E-state index in [4.69, 9.17) is 14.9 Å². The molecule has 0 saturated carbocycles. The predicted molar refractivity (Wildman–Crippen MR) is 106 cm³/mol. The van der Waals surface area contributed by atoms with Crippen molar-refractivity contribution in [2.75, 3.05) is 14.2 Å². The first-order chi connectivity index (χ1) is 12.2. The number of benzene rings is 2. The van der Waals surface area contributed by atoms with E-state index < -0.39 is 6.29 Å². The quantitative estimate of drug-likeness (QED) is 0.705. The molecule has 0 unspecified atom stereocenters. The van der Waals surface area contributed by atoms with Gasteiger partial charge in [-0.05, 0) is 12.6 Å². The Morgan fingerprint density at radius 1 is 0.840 bits per heavy atom. The summed E-state index contributed by atoms with van der Waals surface area (Å²) < 4.78 is 4.93. The largest absolute Gasteiger partial charge is 0.380 e. The maximum atomic E-state index is 8.58. The topological polar surface area (TPSA) is 75.7 Å². The molecular formula is C21H35NO3. The van der Waals surface area contributed by atoms with Gasteiger partial charge in [-0.15, -0.1) is 0 Å². The summed E-state index contributed by atoms with van der Waals surface area (Å²) in [6, 6.07) is 18.8. The van der Waals surface area contributed by atoms with Crippen LogP contribution >= 0.6 is 0 Å². The Balaban J connectivity index is 0. The van der Waals surface area contributed by atoms with E-state index in [1.807, 2.05) is 36.4 Å². The van der Waals surface area contributed by atoms with Crippen LogP contribution < -0.4 is 5.73 Å². The van der Waals surface area contributed by atoms with Crippen LogP contribution in [0.4, 0.5) is 0 Å². The van der Waals surface area contributed by atoms with Gasteiger partial charge < -0.3 is 20.7 Å². The summed E-state index contributed by atoms with van der Waals surface area (Å²) in [6.45, 7) is 5.13. The van der Waals surface area contributed by atoms with Crippen LogP contribution in [0.15, 0.2) is 60.7 Å². The van der Waals surface area contributed by atoms with Gasteiger partial charge in [0.05, 0.1) is 6.61 Å². The molecule has 0 atom stereocenters. The Labute approximate surface area is 153 Å². The molecule has 4 N–H and O–H groups in total. The highest BCUT2D eigenvalue weighted by Gasteiger charge is 1.97. The van der Waals surface area contributed by atoms with Crippen LogP contribution in [0.3, 0.4) is 0 Å². The molecule has 0 bridgehead atoms. The number of nitrogens with two attached hydrogens (primary N) is 1. The van der Waals surface area contributed by atoms with Crippen LogP contribution in [0, 0.1) is 0 Å². The molecule has 0 saturated heterocycles. The number of hydrogen-bond donors (Lipinski definition) is 3. The van der Waals surface area contributed by atoms with Gasteiger partial charge in [-0.25, -0.2) is 0 Å². The molecule has 4 heteroatoms. The van der Waals surface area contributed by atoms with E-state index in [0.717, 1.165) is 0 Å². The number of rotatable bonds is 5. The van der Waals surface area contributed by atoms with Crippen LogP contribution in [0.5, 0.6) is 0 Å². The van der Waals surface area contributed by atoms with Crippen LogP contribution in [0.1, 0.15) is 50.5 Å². The van der Waals surface area contributed by atoms with Crippen molar-refractivity contribution < 1.29 is 14.9 Å². The van der Waals surface area contributed by atoms with Crippen molar-refractivity contribution in [1.82, 2.24) is 0 Å². The average Bonchev–Trinajstić information content (AvgIpc) is 2.67. The lowest BCUT2D eigenvalue weighted by atomic mass is 10.2. The van der Waals surface area contributed by atoms with Crippen molar-refractivity contribution >= 4 is 0 Å².